The molecule has 1 spiro atoms. The molecule has 2 aromatic rings. The first-order valence-electron chi connectivity index (χ1n) is 8.29. The molecule has 1 saturated heterocycles. The van der Waals surface area contributed by atoms with E-state index in [-0.39, 0.29) is 11.5 Å². The number of aliphatic hydroxyl groups is 1. The predicted molar refractivity (Wildman–Crippen MR) is 88.5 cm³/mol. The summed E-state index contributed by atoms with van der Waals surface area (Å²) in [5.74, 6) is 0. The third-order valence-electron chi connectivity index (χ3n) is 5.57. The summed E-state index contributed by atoms with van der Waals surface area (Å²) >= 11 is 0. The van der Waals surface area contributed by atoms with Gasteiger partial charge in [-0.1, -0.05) is 54.6 Å². The predicted octanol–water partition coefficient (Wildman–Crippen LogP) is 3.56. The molecule has 1 atom stereocenters. The van der Waals surface area contributed by atoms with E-state index in [9.17, 15) is 5.11 Å². The Bertz CT molecular complexity index is 644. The first kappa shape index (κ1) is 14.0. The maximum absolute atomic E-state index is 10.8. The quantitative estimate of drug-likeness (QED) is 0.915. The lowest BCUT2D eigenvalue weighted by atomic mass is 9.74. The summed E-state index contributed by atoms with van der Waals surface area (Å²) in [6, 6.07) is 19.1. The summed E-state index contributed by atoms with van der Waals surface area (Å²) in [6.07, 6.45) is 2.96. The third-order valence-corrected chi connectivity index (χ3v) is 5.57. The van der Waals surface area contributed by atoms with E-state index in [0.29, 0.717) is 0 Å². The van der Waals surface area contributed by atoms with Crippen LogP contribution in [0.1, 0.15) is 35.6 Å². The highest BCUT2D eigenvalue weighted by Gasteiger charge is 2.46. The molecule has 0 bridgehead atoms. The van der Waals surface area contributed by atoms with Crippen molar-refractivity contribution in [1.82, 2.24) is 4.90 Å². The molecule has 1 fully saturated rings. The summed E-state index contributed by atoms with van der Waals surface area (Å²) < 4.78 is 0. The number of aliphatic hydroxyl groups excluding tert-OH is 1. The van der Waals surface area contributed by atoms with Crippen LogP contribution in [0.4, 0.5) is 0 Å². The zero-order valence-electron chi connectivity index (χ0n) is 12.9. The number of benzene rings is 2. The molecule has 114 valence electrons. The fourth-order valence-corrected chi connectivity index (χ4v) is 4.22. The molecule has 4 rings (SSSR count). The lowest BCUT2D eigenvalue weighted by Gasteiger charge is -2.41. The number of fused-ring (bicyclic) bond motifs is 1. The average molecular weight is 293 g/mol. The lowest BCUT2D eigenvalue weighted by Crippen LogP contribution is -2.41. The molecular weight excluding hydrogens is 270 g/mol. The molecule has 2 aliphatic rings. The number of nitrogens with zero attached hydrogens (tertiary/aromatic N) is 1. The van der Waals surface area contributed by atoms with Crippen molar-refractivity contribution in [3.63, 3.8) is 0 Å². The molecule has 1 N–H and O–H groups in total. The van der Waals surface area contributed by atoms with Gasteiger partial charge in [0.15, 0.2) is 0 Å². The summed E-state index contributed by atoms with van der Waals surface area (Å²) in [7, 11) is 0. The van der Waals surface area contributed by atoms with Crippen LogP contribution in [0, 0.1) is 5.41 Å². The second kappa shape index (κ2) is 5.53. The van der Waals surface area contributed by atoms with E-state index in [0.717, 1.165) is 38.9 Å². The lowest BCUT2D eigenvalue weighted by molar-refractivity contribution is -0.0140. The molecule has 2 heteroatoms. The van der Waals surface area contributed by atoms with Gasteiger partial charge in [-0.05, 0) is 49.0 Å². The Morgan fingerprint density at radius 3 is 2.36 bits per heavy atom. The molecule has 1 aliphatic carbocycles. The fourth-order valence-electron chi connectivity index (χ4n) is 4.22. The Morgan fingerprint density at radius 1 is 0.955 bits per heavy atom. The third kappa shape index (κ3) is 2.37. The highest BCUT2D eigenvalue weighted by molar-refractivity contribution is 5.37. The van der Waals surface area contributed by atoms with Gasteiger partial charge in [-0.15, -0.1) is 0 Å². The fraction of sp³-hybridized carbons (Fsp3) is 0.400. The molecule has 1 aliphatic heterocycles. The molecule has 0 saturated carbocycles. The van der Waals surface area contributed by atoms with E-state index >= 15 is 0 Å². The minimum absolute atomic E-state index is 0.0802. The molecule has 2 nitrogen and oxygen atoms in total. The average Bonchev–Trinajstić information content (AvgIpc) is 2.84. The smallest absolute Gasteiger partial charge is 0.0853 e. The molecule has 0 aromatic heterocycles. The van der Waals surface area contributed by atoms with Crippen molar-refractivity contribution < 1.29 is 5.11 Å². The van der Waals surface area contributed by atoms with E-state index in [2.05, 4.69) is 53.4 Å². The van der Waals surface area contributed by atoms with Gasteiger partial charge >= 0.3 is 0 Å². The van der Waals surface area contributed by atoms with Crippen molar-refractivity contribution in [1.29, 1.82) is 0 Å². The highest BCUT2D eigenvalue weighted by atomic mass is 16.3. The number of hydrogen-bond acceptors (Lipinski definition) is 2. The second-order valence-corrected chi connectivity index (χ2v) is 6.90. The Balaban J connectivity index is 1.44. The minimum atomic E-state index is -0.275. The van der Waals surface area contributed by atoms with Crippen LogP contribution < -0.4 is 0 Å². The van der Waals surface area contributed by atoms with Gasteiger partial charge in [0.1, 0.15) is 0 Å². The second-order valence-electron chi connectivity index (χ2n) is 6.90. The molecule has 2 aromatic carbocycles. The number of rotatable bonds is 2. The van der Waals surface area contributed by atoms with Crippen LogP contribution in [-0.2, 0) is 13.0 Å². The SMILES string of the molecule is OC1c2ccccc2CC12CCN(Cc1ccccc1)CC2. The molecular formula is C20H23NO. The minimum Gasteiger partial charge on any atom is -0.388 e. The van der Waals surface area contributed by atoms with Crippen molar-refractivity contribution in [3.8, 4) is 0 Å². The van der Waals surface area contributed by atoms with Gasteiger partial charge in [0.25, 0.3) is 0 Å². The van der Waals surface area contributed by atoms with Gasteiger partial charge in [-0.3, -0.25) is 4.90 Å². The summed E-state index contributed by atoms with van der Waals surface area (Å²) in [4.78, 5) is 2.52. The van der Waals surface area contributed by atoms with Crippen LogP contribution in [0.15, 0.2) is 54.6 Å². The topological polar surface area (TPSA) is 23.5 Å². The van der Waals surface area contributed by atoms with E-state index in [1.54, 1.807) is 0 Å². The zero-order chi connectivity index (χ0) is 15.0. The van der Waals surface area contributed by atoms with Crippen LogP contribution >= 0.6 is 0 Å². The maximum Gasteiger partial charge on any atom is 0.0853 e. The van der Waals surface area contributed by atoms with Crippen LogP contribution in [-0.4, -0.2) is 23.1 Å². The van der Waals surface area contributed by atoms with Crippen LogP contribution in [0.5, 0.6) is 0 Å². The summed E-state index contributed by atoms with van der Waals surface area (Å²) in [5.41, 5.74) is 3.98. The van der Waals surface area contributed by atoms with Crippen molar-refractivity contribution in [2.75, 3.05) is 13.1 Å². The van der Waals surface area contributed by atoms with Gasteiger partial charge in [0.2, 0.25) is 0 Å². The van der Waals surface area contributed by atoms with E-state index < -0.39 is 0 Å². The van der Waals surface area contributed by atoms with Crippen molar-refractivity contribution >= 4 is 0 Å². The largest absolute Gasteiger partial charge is 0.388 e. The normalized spacial score (nSPS) is 23.6. The van der Waals surface area contributed by atoms with Crippen LogP contribution in [0.2, 0.25) is 0 Å². The molecule has 0 amide bonds. The van der Waals surface area contributed by atoms with Crippen molar-refractivity contribution in [3.05, 3.63) is 71.3 Å². The molecule has 22 heavy (non-hydrogen) atoms. The van der Waals surface area contributed by atoms with Gasteiger partial charge in [-0.25, -0.2) is 0 Å². The van der Waals surface area contributed by atoms with E-state index in [1.807, 2.05) is 6.07 Å². The summed E-state index contributed by atoms with van der Waals surface area (Å²) in [6.45, 7) is 3.19. The standard InChI is InChI=1S/C20H23NO/c22-19-18-9-5-4-8-17(18)14-20(19)10-12-21(13-11-20)15-16-6-2-1-3-7-16/h1-9,19,22H,10-15H2. The van der Waals surface area contributed by atoms with Crippen molar-refractivity contribution in [2.24, 2.45) is 5.41 Å². The van der Waals surface area contributed by atoms with E-state index in [1.165, 1.54) is 16.7 Å². The van der Waals surface area contributed by atoms with E-state index in [4.69, 9.17) is 0 Å². The zero-order valence-corrected chi connectivity index (χ0v) is 12.9. The molecule has 1 heterocycles. The first-order valence-corrected chi connectivity index (χ1v) is 8.29. The van der Waals surface area contributed by atoms with Gasteiger partial charge in [0, 0.05) is 12.0 Å². The Hall–Kier alpha value is -1.64. The number of piperidine rings is 1. The van der Waals surface area contributed by atoms with Crippen LogP contribution in [0.3, 0.4) is 0 Å². The Kier molecular flexibility index (Phi) is 3.51. The van der Waals surface area contributed by atoms with Gasteiger partial charge in [-0.2, -0.15) is 0 Å². The highest BCUT2D eigenvalue weighted by Crippen LogP contribution is 2.51. The molecule has 0 radical (unpaired) electrons. The van der Waals surface area contributed by atoms with Gasteiger partial charge in [0.05, 0.1) is 6.10 Å². The van der Waals surface area contributed by atoms with Crippen molar-refractivity contribution in [2.45, 2.75) is 31.9 Å². The Labute approximate surface area is 132 Å². The maximum atomic E-state index is 10.8. The number of likely N-dealkylation sites (tertiary alicyclic amines) is 1. The first-order chi connectivity index (χ1) is 10.8. The monoisotopic (exact) mass is 293 g/mol. The van der Waals surface area contributed by atoms with Crippen LogP contribution in [0.25, 0.3) is 0 Å². The molecule has 1 unspecified atom stereocenters. The number of hydrogen-bond donors (Lipinski definition) is 1. The van der Waals surface area contributed by atoms with Gasteiger partial charge < -0.3 is 5.11 Å². The summed E-state index contributed by atoms with van der Waals surface area (Å²) in [5, 5.41) is 10.8. The Morgan fingerprint density at radius 2 is 1.64 bits per heavy atom.